The summed E-state index contributed by atoms with van der Waals surface area (Å²) in [5.74, 6) is -1.52. The van der Waals surface area contributed by atoms with E-state index in [0.717, 1.165) is 83.5 Å². The van der Waals surface area contributed by atoms with Crippen LogP contribution in [0.2, 0.25) is 0 Å². The topological polar surface area (TPSA) is 99.1 Å². The molecule has 54 heavy (non-hydrogen) atoms. The summed E-state index contributed by atoms with van der Waals surface area (Å²) in [6.45, 7) is 4.53. The highest BCUT2D eigenvalue weighted by molar-refractivity contribution is 5.72. The minimum absolute atomic E-state index is 0.0446. The van der Waals surface area contributed by atoms with Gasteiger partial charge in [-0.1, -0.05) is 138 Å². The summed E-state index contributed by atoms with van der Waals surface area (Å²) in [5.41, 5.74) is 0. The molecule has 0 amide bonds. The van der Waals surface area contributed by atoms with Crippen LogP contribution in [0.25, 0.3) is 0 Å². The highest BCUT2D eigenvalue weighted by Crippen LogP contribution is 2.12. The number of carboxylic acid groups (broad SMARTS) is 1. The van der Waals surface area contributed by atoms with Crippen molar-refractivity contribution in [2.75, 3.05) is 41.0 Å². The first kappa shape index (κ1) is 50.8. The lowest BCUT2D eigenvalue weighted by Crippen LogP contribution is -2.50. The van der Waals surface area contributed by atoms with Gasteiger partial charge in [-0.15, -0.1) is 0 Å². The van der Waals surface area contributed by atoms with Crippen LogP contribution in [-0.2, 0) is 28.6 Å². The van der Waals surface area contributed by atoms with Crippen molar-refractivity contribution in [3.63, 3.8) is 0 Å². The van der Waals surface area contributed by atoms with Crippen LogP contribution in [0.15, 0.2) is 72.9 Å². The van der Waals surface area contributed by atoms with Crippen molar-refractivity contribution in [1.82, 2.24) is 0 Å². The summed E-state index contributed by atoms with van der Waals surface area (Å²) >= 11 is 0. The molecule has 0 aliphatic carbocycles. The lowest BCUT2D eigenvalue weighted by molar-refractivity contribution is -0.887. The van der Waals surface area contributed by atoms with E-state index < -0.39 is 18.1 Å². The molecule has 0 aliphatic heterocycles. The van der Waals surface area contributed by atoms with Gasteiger partial charge in [0.25, 0.3) is 0 Å². The minimum atomic E-state index is -0.884. The van der Waals surface area contributed by atoms with E-state index in [9.17, 15) is 19.5 Å². The molecule has 8 heteroatoms. The molecule has 0 heterocycles. The Morgan fingerprint density at radius 3 is 1.54 bits per heavy atom. The molecule has 0 spiro atoms. The number of rotatable bonds is 36. The second-order valence-corrected chi connectivity index (χ2v) is 14.9. The van der Waals surface area contributed by atoms with Gasteiger partial charge in [-0.25, -0.2) is 4.79 Å². The number of esters is 2. The quantitative estimate of drug-likeness (QED) is 0.0294. The van der Waals surface area contributed by atoms with E-state index in [1.165, 1.54) is 32.1 Å². The molecule has 0 aromatic heterocycles. The molecule has 308 valence electrons. The van der Waals surface area contributed by atoms with Crippen LogP contribution >= 0.6 is 0 Å². The molecule has 0 saturated heterocycles. The van der Waals surface area contributed by atoms with Gasteiger partial charge in [0.1, 0.15) is 6.61 Å². The van der Waals surface area contributed by atoms with Gasteiger partial charge < -0.3 is 23.8 Å². The molecule has 0 aromatic carbocycles. The number of quaternary nitrogens is 1. The third-order valence-electron chi connectivity index (χ3n) is 8.87. The molecule has 1 N–H and O–H groups in total. The maximum Gasteiger partial charge on any atom is 0.362 e. The van der Waals surface area contributed by atoms with Crippen LogP contribution in [-0.4, -0.2) is 80.6 Å². The van der Waals surface area contributed by atoms with Gasteiger partial charge in [-0.2, -0.15) is 0 Å². The number of unbranched alkanes of at least 4 members (excludes halogenated alkanes) is 10. The zero-order valence-corrected chi connectivity index (χ0v) is 34.9. The van der Waals surface area contributed by atoms with Crippen molar-refractivity contribution in [1.29, 1.82) is 0 Å². The first-order valence-electron chi connectivity index (χ1n) is 21.0. The van der Waals surface area contributed by atoms with Crippen molar-refractivity contribution < 1.29 is 38.2 Å². The van der Waals surface area contributed by atoms with Gasteiger partial charge in [0.15, 0.2) is 12.1 Å². The Labute approximate surface area is 330 Å². The summed E-state index contributed by atoms with van der Waals surface area (Å²) in [6, 6.07) is -0.622. The fourth-order valence-corrected chi connectivity index (χ4v) is 5.62. The lowest BCUT2D eigenvalue weighted by Gasteiger charge is -2.31. The fourth-order valence-electron chi connectivity index (χ4n) is 5.62. The number of nitrogens with zero attached hydrogens (tertiary/aromatic N) is 1. The summed E-state index contributed by atoms with van der Waals surface area (Å²) in [4.78, 5) is 36.8. The first-order valence-corrected chi connectivity index (χ1v) is 21.0. The Morgan fingerprint density at radius 1 is 0.574 bits per heavy atom. The smallest absolute Gasteiger partial charge is 0.362 e. The Morgan fingerprint density at radius 2 is 1.04 bits per heavy atom. The van der Waals surface area contributed by atoms with Crippen LogP contribution in [0, 0.1) is 0 Å². The zero-order chi connectivity index (χ0) is 40.0. The SMILES string of the molecule is CC/C=C/C/C=C/C/C=C/C/C=C/C/C=C/C/C=C/CCCCCC(=O)OC(COCCC(C(=O)O)[N+](C)(C)C)COC(=O)CCCCCCCCCC. The second kappa shape index (κ2) is 36.7. The Hall–Kier alpha value is -3.23. The molecule has 8 nitrogen and oxygen atoms in total. The number of carbonyl (C=O) groups excluding carboxylic acids is 2. The van der Waals surface area contributed by atoms with E-state index in [1.54, 1.807) is 0 Å². The normalized spacial score (nSPS) is 13.7. The molecule has 2 atom stereocenters. The Balaban J connectivity index is 4.38. The summed E-state index contributed by atoms with van der Waals surface area (Å²) in [6.07, 6.45) is 45.3. The van der Waals surface area contributed by atoms with Gasteiger partial charge in [0, 0.05) is 19.3 Å². The fraction of sp³-hybridized carbons (Fsp3) is 0.674. The average molecular weight is 757 g/mol. The van der Waals surface area contributed by atoms with Crippen molar-refractivity contribution in [3.8, 4) is 0 Å². The molecule has 2 unspecified atom stereocenters. The largest absolute Gasteiger partial charge is 0.477 e. The van der Waals surface area contributed by atoms with Gasteiger partial charge in [0.2, 0.25) is 0 Å². The molecule has 0 saturated carbocycles. The van der Waals surface area contributed by atoms with Gasteiger partial charge in [-0.3, -0.25) is 9.59 Å². The van der Waals surface area contributed by atoms with Crippen LogP contribution < -0.4 is 0 Å². The molecule has 0 aromatic rings. The number of hydrogen-bond acceptors (Lipinski definition) is 6. The highest BCUT2D eigenvalue weighted by Gasteiger charge is 2.31. The third-order valence-corrected chi connectivity index (χ3v) is 8.87. The third kappa shape index (κ3) is 34.5. The van der Waals surface area contributed by atoms with Crippen LogP contribution in [0.1, 0.15) is 149 Å². The molecular formula is C46H78NO7+. The van der Waals surface area contributed by atoms with Crippen LogP contribution in [0.4, 0.5) is 0 Å². The standard InChI is InChI=1S/C46H77NO7/c1-6-8-10-12-14-16-17-18-19-20-21-22-23-24-25-26-27-28-29-31-33-35-37-45(49)54-42(40-52-39-38-43(46(50)51)47(3,4)5)41-53-44(48)36-34-32-30-15-13-11-9-7-2/h8,10,14,16,18-19,21-22,24-25,27-28,42-43H,6-7,9,11-13,15,17,20,23,26,29-41H2,1-5H3/p+1/b10-8+,16-14+,19-18+,22-21+,25-24+,28-27+. The lowest BCUT2D eigenvalue weighted by atomic mass is 10.1. The van der Waals surface area contributed by atoms with Gasteiger partial charge in [-0.05, 0) is 64.2 Å². The molecule has 0 radical (unpaired) electrons. The number of ether oxygens (including phenoxy) is 3. The summed E-state index contributed by atoms with van der Waals surface area (Å²) in [7, 11) is 5.50. The number of carboxylic acids is 1. The maximum atomic E-state index is 12.7. The average Bonchev–Trinajstić information content (AvgIpc) is 3.12. The predicted molar refractivity (Wildman–Crippen MR) is 224 cm³/mol. The van der Waals surface area contributed by atoms with E-state index in [1.807, 2.05) is 21.1 Å². The van der Waals surface area contributed by atoms with Crippen LogP contribution in [0.3, 0.4) is 0 Å². The van der Waals surface area contributed by atoms with Crippen molar-refractivity contribution in [3.05, 3.63) is 72.9 Å². The monoisotopic (exact) mass is 757 g/mol. The van der Waals surface area contributed by atoms with Gasteiger partial charge >= 0.3 is 17.9 Å². The van der Waals surface area contributed by atoms with E-state index in [-0.39, 0.29) is 42.7 Å². The molecular weight excluding hydrogens is 679 g/mol. The van der Waals surface area contributed by atoms with E-state index in [4.69, 9.17) is 14.2 Å². The van der Waals surface area contributed by atoms with E-state index >= 15 is 0 Å². The minimum Gasteiger partial charge on any atom is -0.477 e. The molecule has 0 bridgehead atoms. The van der Waals surface area contributed by atoms with E-state index in [0.29, 0.717) is 12.8 Å². The number of hydrogen-bond donors (Lipinski definition) is 1. The molecule has 0 fully saturated rings. The predicted octanol–water partition coefficient (Wildman–Crippen LogP) is 11.2. The second-order valence-electron chi connectivity index (χ2n) is 14.9. The Kier molecular flexibility index (Phi) is 34.5. The number of carbonyl (C=O) groups is 3. The number of aliphatic carboxylic acids is 1. The summed E-state index contributed by atoms with van der Waals surface area (Å²) in [5, 5.41) is 9.59. The molecule has 0 rings (SSSR count). The maximum absolute atomic E-state index is 12.7. The number of likely N-dealkylation sites (N-methyl/N-ethyl adjacent to an activating group) is 1. The van der Waals surface area contributed by atoms with Crippen molar-refractivity contribution in [2.24, 2.45) is 0 Å². The zero-order valence-electron chi connectivity index (χ0n) is 34.9. The highest BCUT2D eigenvalue weighted by atomic mass is 16.6. The summed E-state index contributed by atoms with van der Waals surface area (Å²) < 4.78 is 17.2. The van der Waals surface area contributed by atoms with Crippen molar-refractivity contribution >= 4 is 17.9 Å². The Bertz CT molecular complexity index is 1110. The van der Waals surface area contributed by atoms with Crippen LogP contribution in [0.5, 0.6) is 0 Å². The van der Waals surface area contributed by atoms with Gasteiger partial charge in [0.05, 0.1) is 34.4 Å². The van der Waals surface area contributed by atoms with Crippen molar-refractivity contribution in [2.45, 2.75) is 161 Å². The van der Waals surface area contributed by atoms with E-state index in [2.05, 4.69) is 86.8 Å². The first-order chi connectivity index (χ1) is 26.1. The number of allylic oxidation sites excluding steroid dienone is 12. The molecule has 0 aliphatic rings.